The van der Waals surface area contributed by atoms with E-state index < -0.39 is 25.5 Å². The van der Waals surface area contributed by atoms with Gasteiger partial charge in [0.15, 0.2) is 0 Å². The van der Waals surface area contributed by atoms with Crippen LogP contribution in [0, 0.1) is 24.9 Å². The molecule has 0 N–H and O–H groups in total. The topological polar surface area (TPSA) is 25.8 Å². The molecule has 0 spiro atoms. The van der Waals surface area contributed by atoms with Crippen molar-refractivity contribution >= 4 is 49.2 Å². The van der Waals surface area contributed by atoms with Crippen molar-refractivity contribution in [2.75, 3.05) is 0 Å². The molecule has 8 rings (SSSR count). The number of fused-ring (bicyclic) bond motifs is 3. The molecule has 0 bridgehead atoms. The third-order valence-electron chi connectivity index (χ3n) is 8.57. The first-order valence-electron chi connectivity index (χ1n) is 17.6. The third kappa shape index (κ3) is 8.29. The van der Waals surface area contributed by atoms with Crippen LogP contribution < -0.4 is 4.40 Å². The van der Waals surface area contributed by atoms with Gasteiger partial charge in [-0.05, 0) is 68.7 Å². The number of rotatable bonds is 6. The van der Waals surface area contributed by atoms with Gasteiger partial charge in [0.1, 0.15) is 5.82 Å². The van der Waals surface area contributed by atoms with Gasteiger partial charge in [-0.1, -0.05) is 66.0 Å². The van der Waals surface area contributed by atoms with E-state index in [1.807, 2.05) is 42.5 Å². The van der Waals surface area contributed by atoms with E-state index in [1.165, 1.54) is 43.8 Å². The molecule has 6 heteroatoms. The van der Waals surface area contributed by atoms with Crippen LogP contribution in [0.25, 0.3) is 53.8 Å². The zero-order chi connectivity index (χ0) is 36.5. The molecule has 0 saturated heterocycles. The molecule has 0 unspecified atom stereocenters. The summed E-state index contributed by atoms with van der Waals surface area (Å²) >= 11 is -0.0835. The minimum Gasteiger partial charge on any atom is -0.305 e. The molecular formula is C45H37FGeIrN2S-2. The number of aryl methyl sites for hydroxylation is 1. The Morgan fingerprint density at radius 1 is 0.765 bits per heavy atom. The summed E-state index contributed by atoms with van der Waals surface area (Å²) in [4.78, 5) is 9.16. The molecule has 0 fully saturated rings. The van der Waals surface area contributed by atoms with Crippen molar-refractivity contribution in [1.29, 1.82) is 0 Å². The van der Waals surface area contributed by atoms with Crippen molar-refractivity contribution in [3.05, 3.63) is 174 Å². The van der Waals surface area contributed by atoms with Gasteiger partial charge in [-0.2, -0.15) is 11.3 Å². The molecule has 0 aliphatic carbocycles. The number of nitrogens with zero attached hydrogens (tertiary/aromatic N) is 2. The van der Waals surface area contributed by atoms with Gasteiger partial charge in [-0.3, -0.25) is 0 Å². The fourth-order valence-corrected chi connectivity index (χ4v) is 11.1. The maximum Gasteiger partial charge on any atom is 0.123 e. The summed E-state index contributed by atoms with van der Waals surface area (Å²) in [5.74, 6) is 6.74. The van der Waals surface area contributed by atoms with Gasteiger partial charge in [0.25, 0.3) is 0 Å². The van der Waals surface area contributed by atoms with Crippen molar-refractivity contribution in [3.63, 3.8) is 0 Å². The Morgan fingerprint density at radius 3 is 2.29 bits per heavy atom. The SMILES string of the molecule is Cc1cc(-c2[c-]cccc2)nc[c]1[Ge]([CH3])([CH3])[CH3].[2H]C([2H])(c1cccc(F)c1)c1ccnc(-c2[c-]ccc3c2sc2cccc(-c4ccccc4)c23)c1.[Ir]. The Balaban J connectivity index is 0.000000226. The standard InChI is InChI=1S/C30H19FNS.C15H18GeN.Ir/c31-23-10-4-7-20(18-23)17-21-15-16-32-27(19-21)25-12-5-13-26-29-24(22-8-2-1-3-9-22)11-6-14-28(29)33-30(25)26;1-12-10-15(13-8-6-5-7-9-13)17-11-14(12)16(2,3)4;/h1-11,13-16,18-19H,17H2;5-8,10-11H,1-4H3;/q2*-1;/i17D2;;. The van der Waals surface area contributed by atoms with Crippen molar-refractivity contribution < 1.29 is 27.2 Å². The summed E-state index contributed by atoms with van der Waals surface area (Å²) in [6, 6.07) is 46.5. The van der Waals surface area contributed by atoms with Gasteiger partial charge in [0, 0.05) is 33.7 Å². The van der Waals surface area contributed by atoms with E-state index >= 15 is 0 Å². The van der Waals surface area contributed by atoms with E-state index in [0.717, 1.165) is 32.5 Å². The quantitative estimate of drug-likeness (QED) is 0.123. The van der Waals surface area contributed by atoms with E-state index in [0.29, 0.717) is 11.3 Å². The van der Waals surface area contributed by atoms with Gasteiger partial charge >= 0.3 is 106 Å². The average Bonchev–Trinajstić information content (AvgIpc) is 3.55. The third-order valence-corrected chi connectivity index (χ3v) is 14.3. The number of hydrogen-bond acceptors (Lipinski definition) is 3. The van der Waals surface area contributed by atoms with Crippen LogP contribution in [-0.4, -0.2) is 23.2 Å². The maximum atomic E-state index is 13.8. The van der Waals surface area contributed by atoms with Crippen LogP contribution in [0.5, 0.6) is 0 Å². The van der Waals surface area contributed by atoms with Crippen LogP contribution in [0.1, 0.15) is 19.4 Å². The van der Waals surface area contributed by atoms with Crippen LogP contribution in [0.4, 0.5) is 4.39 Å². The van der Waals surface area contributed by atoms with Crippen molar-refractivity contribution in [1.82, 2.24) is 9.97 Å². The van der Waals surface area contributed by atoms with Gasteiger partial charge in [-0.25, -0.2) is 4.39 Å². The summed E-state index contributed by atoms with van der Waals surface area (Å²) in [5.41, 5.74) is 7.98. The molecule has 1 radical (unpaired) electrons. The number of hydrogen-bond donors (Lipinski definition) is 0. The number of pyridine rings is 2. The van der Waals surface area contributed by atoms with Gasteiger partial charge < -0.3 is 4.98 Å². The van der Waals surface area contributed by atoms with E-state index in [4.69, 9.17) is 2.74 Å². The minimum atomic E-state index is -1.87. The first-order chi connectivity index (χ1) is 25.0. The summed E-state index contributed by atoms with van der Waals surface area (Å²) in [7, 11) is 0. The molecule has 255 valence electrons. The Bertz CT molecular complexity index is 2520. The van der Waals surface area contributed by atoms with Crippen LogP contribution in [0.15, 0.2) is 140 Å². The molecule has 0 aliphatic heterocycles. The number of aromatic nitrogens is 2. The second-order valence-corrected chi connectivity index (χ2v) is 24.8. The zero-order valence-electron chi connectivity index (χ0n) is 30.8. The van der Waals surface area contributed by atoms with Crippen molar-refractivity contribution in [3.8, 4) is 33.6 Å². The smallest absolute Gasteiger partial charge is 0.123 e. The molecule has 0 aliphatic rings. The molecule has 51 heavy (non-hydrogen) atoms. The van der Waals surface area contributed by atoms with Crippen molar-refractivity contribution in [2.45, 2.75) is 30.6 Å². The molecule has 8 aromatic rings. The molecule has 0 atom stereocenters. The zero-order valence-corrected chi connectivity index (χ0v) is 34.1. The summed E-state index contributed by atoms with van der Waals surface area (Å²) < 4.78 is 34.9. The Kier molecular flexibility index (Phi) is 10.6. The second kappa shape index (κ2) is 16.0. The molecule has 3 heterocycles. The fourth-order valence-electron chi connectivity index (χ4n) is 6.26. The molecule has 0 amide bonds. The Hall–Kier alpha value is -4.26. The normalized spacial score (nSPS) is 12.0. The van der Waals surface area contributed by atoms with E-state index in [-0.39, 0.29) is 25.7 Å². The fraction of sp³-hybridized carbons (Fsp3) is 0.111. The molecule has 0 saturated carbocycles. The monoisotopic (exact) mass is 925 g/mol. The van der Waals surface area contributed by atoms with Crippen molar-refractivity contribution in [2.24, 2.45) is 0 Å². The summed E-state index contributed by atoms with van der Waals surface area (Å²) in [6.45, 7) is 2.19. The number of thiophene rings is 1. The Labute approximate surface area is 323 Å². The van der Waals surface area contributed by atoms with E-state index in [9.17, 15) is 4.39 Å². The maximum absolute atomic E-state index is 13.8. The van der Waals surface area contributed by atoms with E-state index in [2.05, 4.69) is 101 Å². The first-order valence-corrected chi connectivity index (χ1v) is 24.8. The van der Waals surface area contributed by atoms with Crippen LogP contribution in [0.3, 0.4) is 0 Å². The average molecular weight is 924 g/mol. The summed E-state index contributed by atoms with van der Waals surface area (Å²) in [6.07, 6.45) is 1.82. The number of halogens is 1. The molecule has 2 nitrogen and oxygen atoms in total. The van der Waals surface area contributed by atoms with Gasteiger partial charge in [-0.15, -0.1) is 23.8 Å². The van der Waals surface area contributed by atoms with Gasteiger partial charge in [0.05, 0.1) is 0 Å². The van der Waals surface area contributed by atoms with Gasteiger partial charge in [0.2, 0.25) is 0 Å². The van der Waals surface area contributed by atoms with E-state index in [1.54, 1.807) is 35.7 Å². The Morgan fingerprint density at radius 2 is 1.55 bits per heavy atom. The number of benzene rings is 5. The predicted molar refractivity (Wildman–Crippen MR) is 212 cm³/mol. The molecular weight excluding hydrogens is 884 g/mol. The van der Waals surface area contributed by atoms with Crippen LogP contribution in [-0.2, 0) is 26.5 Å². The van der Waals surface area contributed by atoms with Crippen LogP contribution in [0.2, 0.25) is 17.3 Å². The minimum absolute atomic E-state index is 0. The van der Waals surface area contributed by atoms with Crippen LogP contribution >= 0.6 is 11.3 Å². The molecule has 3 aromatic heterocycles. The molecule has 5 aromatic carbocycles. The predicted octanol–water partition coefficient (Wildman–Crippen LogP) is 11.7. The summed E-state index contributed by atoms with van der Waals surface area (Å²) in [5, 5.41) is 2.32. The second-order valence-electron chi connectivity index (χ2n) is 13.2. The first kappa shape index (κ1) is 33.9. The largest absolute Gasteiger partial charge is 0.305 e.